The zero-order valence-electron chi connectivity index (χ0n) is 15.9. The van der Waals surface area contributed by atoms with Crippen molar-refractivity contribution in [2.45, 2.75) is 32.6 Å². The molecule has 3 rings (SSSR count). The Morgan fingerprint density at radius 1 is 1.25 bits per heavy atom. The first-order valence-corrected chi connectivity index (χ1v) is 9.54. The lowest BCUT2D eigenvalue weighted by atomic mass is 9.98. The molecule has 0 bridgehead atoms. The molecule has 8 heteroatoms. The highest BCUT2D eigenvalue weighted by Gasteiger charge is 2.29. The summed E-state index contributed by atoms with van der Waals surface area (Å²) in [6.07, 6.45) is 1.85. The summed E-state index contributed by atoms with van der Waals surface area (Å²) in [5.74, 6) is -0.221. The van der Waals surface area contributed by atoms with Gasteiger partial charge in [-0.3, -0.25) is 14.4 Å². The lowest BCUT2D eigenvalue weighted by Crippen LogP contribution is -2.43. The van der Waals surface area contributed by atoms with Crippen LogP contribution >= 0.6 is 0 Å². The molecular formula is C20H24N4O4. The molecule has 1 aliphatic heterocycles. The van der Waals surface area contributed by atoms with Crippen molar-refractivity contribution in [2.75, 3.05) is 19.7 Å². The number of nitrogens with one attached hydrogen (secondary N) is 1. The molecule has 0 saturated carbocycles. The molecule has 1 aromatic heterocycles. The molecule has 2 heterocycles. The first-order chi connectivity index (χ1) is 13.6. The highest BCUT2D eigenvalue weighted by Crippen LogP contribution is 2.19. The third-order valence-corrected chi connectivity index (χ3v) is 4.78. The second-order valence-electron chi connectivity index (χ2n) is 6.75. The van der Waals surface area contributed by atoms with Crippen LogP contribution < -0.4 is 5.56 Å². The fourth-order valence-electron chi connectivity index (χ4n) is 3.29. The zero-order valence-corrected chi connectivity index (χ0v) is 15.9. The fourth-order valence-corrected chi connectivity index (χ4v) is 3.29. The maximum absolute atomic E-state index is 12.5. The Kier molecular flexibility index (Phi) is 6.52. The Labute approximate surface area is 162 Å². The summed E-state index contributed by atoms with van der Waals surface area (Å²) in [6.45, 7) is 3.09. The van der Waals surface area contributed by atoms with Crippen LogP contribution in [0.25, 0.3) is 11.4 Å². The molecule has 0 spiro atoms. The van der Waals surface area contributed by atoms with E-state index < -0.39 is 0 Å². The van der Waals surface area contributed by atoms with Gasteiger partial charge in [-0.2, -0.15) is 0 Å². The van der Waals surface area contributed by atoms with E-state index in [0.29, 0.717) is 25.5 Å². The smallest absolute Gasteiger partial charge is 0.310 e. The molecule has 2 aromatic rings. The van der Waals surface area contributed by atoms with Gasteiger partial charge in [0.1, 0.15) is 5.69 Å². The molecule has 1 fully saturated rings. The summed E-state index contributed by atoms with van der Waals surface area (Å²) in [7, 11) is 0. The third-order valence-electron chi connectivity index (χ3n) is 4.78. The summed E-state index contributed by atoms with van der Waals surface area (Å²) in [5, 5.41) is 8.06. The van der Waals surface area contributed by atoms with Gasteiger partial charge < -0.3 is 14.6 Å². The summed E-state index contributed by atoms with van der Waals surface area (Å²) in [6, 6.07) is 9.25. The molecule has 0 aliphatic carbocycles. The predicted molar refractivity (Wildman–Crippen MR) is 102 cm³/mol. The van der Waals surface area contributed by atoms with Crippen molar-refractivity contribution in [1.82, 2.24) is 20.1 Å². The van der Waals surface area contributed by atoms with Crippen LogP contribution in [0.5, 0.6) is 0 Å². The van der Waals surface area contributed by atoms with Crippen LogP contribution in [-0.4, -0.2) is 51.7 Å². The van der Waals surface area contributed by atoms with Gasteiger partial charge in [0, 0.05) is 31.5 Å². The average molecular weight is 384 g/mol. The monoisotopic (exact) mass is 384 g/mol. The van der Waals surface area contributed by atoms with E-state index in [1.165, 1.54) is 0 Å². The SMILES string of the molecule is CCOC(=O)[C@H]1CCCN(C(=O)CCc2nnc(-c3ccccc3)[nH]c2=O)C1. The molecule has 1 saturated heterocycles. The van der Waals surface area contributed by atoms with Crippen LogP contribution in [0.1, 0.15) is 31.9 Å². The first kappa shape index (κ1) is 19.7. The zero-order chi connectivity index (χ0) is 19.9. The van der Waals surface area contributed by atoms with Gasteiger partial charge in [0.15, 0.2) is 5.82 Å². The standard InChI is InChI=1S/C20H24N4O4/c1-2-28-20(27)15-9-6-12-24(13-15)17(25)11-10-16-19(26)21-18(23-22-16)14-7-4-3-5-8-14/h3-5,7-8,15H,2,6,9-13H2,1H3,(H,21,23,26)/t15-/m0/s1. The number of amides is 1. The minimum Gasteiger partial charge on any atom is -0.466 e. The van der Waals surface area contributed by atoms with E-state index in [2.05, 4.69) is 15.2 Å². The lowest BCUT2D eigenvalue weighted by molar-refractivity contribution is -0.151. The van der Waals surface area contributed by atoms with E-state index >= 15 is 0 Å². The van der Waals surface area contributed by atoms with E-state index in [4.69, 9.17) is 4.74 Å². The van der Waals surface area contributed by atoms with Crippen LogP contribution in [0.2, 0.25) is 0 Å². The number of piperidine rings is 1. The van der Waals surface area contributed by atoms with Crippen LogP contribution in [-0.2, 0) is 20.7 Å². The normalized spacial score (nSPS) is 16.6. The molecule has 1 amide bonds. The van der Waals surface area contributed by atoms with E-state index in [0.717, 1.165) is 18.4 Å². The molecule has 1 atom stereocenters. The quantitative estimate of drug-likeness (QED) is 0.758. The number of hydrogen-bond acceptors (Lipinski definition) is 6. The number of aromatic amines is 1. The summed E-state index contributed by atoms with van der Waals surface area (Å²) in [5.41, 5.74) is 0.657. The first-order valence-electron chi connectivity index (χ1n) is 9.54. The number of hydrogen-bond donors (Lipinski definition) is 1. The molecule has 8 nitrogen and oxygen atoms in total. The Hall–Kier alpha value is -3.03. The van der Waals surface area contributed by atoms with Crippen molar-refractivity contribution >= 4 is 11.9 Å². The summed E-state index contributed by atoms with van der Waals surface area (Å²) >= 11 is 0. The van der Waals surface area contributed by atoms with E-state index in [-0.39, 0.29) is 41.9 Å². The fraction of sp³-hybridized carbons (Fsp3) is 0.450. The topological polar surface area (TPSA) is 105 Å². The highest BCUT2D eigenvalue weighted by molar-refractivity contribution is 5.78. The van der Waals surface area contributed by atoms with Gasteiger partial charge in [-0.1, -0.05) is 30.3 Å². The number of benzene rings is 1. The van der Waals surface area contributed by atoms with Crippen molar-refractivity contribution in [3.8, 4) is 11.4 Å². The number of rotatable bonds is 6. The molecule has 148 valence electrons. The summed E-state index contributed by atoms with van der Waals surface area (Å²) in [4.78, 5) is 41.1. The maximum atomic E-state index is 12.5. The molecular weight excluding hydrogens is 360 g/mol. The number of esters is 1. The van der Waals surface area contributed by atoms with Crippen LogP contribution in [0.4, 0.5) is 0 Å². The van der Waals surface area contributed by atoms with Gasteiger partial charge >= 0.3 is 5.97 Å². The Morgan fingerprint density at radius 3 is 2.75 bits per heavy atom. The largest absolute Gasteiger partial charge is 0.466 e. The molecule has 1 aromatic carbocycles. The van der Waals surface area contributed by atoms with Crippen molar-refractivity contribution in [2.24, 2.45) is 5.92 Å². The molecule has 0 radical (unpaired) electrons. The Balaban J connectivity index is 1.58. The minimum absolute atomic E-state index is 0.0951. The predicted octanol–water partition coefficient (Wildman–Crippen LogP) is 1.57. The molecule has 1 aliphatic rings. The molecule has 28 heavy (non-hydrogen) atoms. The number of likely N-dealkylation sites (tertiary alicyclic amines) is 1. The van der Waals surface area contributed by atoms with E-state index in [1.807, 2.05) is 30.3 Å². The molecule has 1 N–H and O–H groups in total. The second kappa shape index (κ2) is 9.25. The number of aromatic nitrogens is 3. The third kappa shape index (κ3) is 4.82. The van der Waals surface area contributed by atoms with Crippen LogP contribution in [0.15, 0.2) is 35.1 Å². The number of H-pyrrole nitrogens is 1. The average Bonchev–Trinajstić information content (AvgIpc) is 2.73. The number of carbonyl (C=O) groups is 2. The van der Waals surface area contributed by atoms with Crippen molar-refractivity contribution in [3.63, 3.8) is 0 Å². The van der Waals surface area contributed by atoms with E-state index in [9.17, 15) is 14.4 Å². The van der Waals surface area contributed by atoms with E-state index in [1.54, 1.807) is 11.8 Å². The molecule has 0 unspecified atom stereocenters. The van der Waals surface area contributed by atoms with Gasteiger partial charge in [-0.25, -0.2) is 0 Å². The number of carbonyl (C=O) groups excluding carboxylic acids is 2. The van der Waals surface area contributed by atoms with Gasteiger partial charge in [0.25, 0.3) is 5.56 Å². The van der Waals surface area contributed by atoms with Crippen LogP contribution in [0, 0.1) is 5.92 Å². The van der Waals surface area contributed by atoms with Gasteiger partial charge in [0.05, 0.1) is 12.5 Å². The van der Waals surface area contributed by atoms with Gasteiger partial charge in [-0.05, 0) is 19.8 Å². The minimum atomic E-state index is -0.343. The lowest BCUT2D eigenvalue weighted by Gasteiger charge is -2.31. The highest BCUT2D eigenvalue weighted by atomic mass is 16.5. The van der Waals surface area contributed by atoms with Gasteiger partial charge in [-0.15, -0.1) is 10.2 Å². The van der Waals surface area contributed by atoms with Crippen molar-refractivity contribution < 1.29 is 14.3 Å². The Bertz CT molecular complexity index is 881. The number of aryl methyl sites for hydroxylation is 1. The summed E-state index contributed by atoms with van der Waals surface area (Å²) < 4.78 is 5.06. The second-order valence-corrected chi connectivity index (χ2v) is 6.75. The Morgan fingerprint density at radius 2 is 2.04 bits per heavy atom. The van der Waals surface area contributed by atoms with Gasteiger partial charge in [0.2, 0.25) is 5.91 Å². The maximum Gasteiger partial charge on any atom is 0.310 e. The number of nitrogens with zero attached hydrogens (tertiary/aromatic N) is 3. The van der Waals surface area contributed by atoms with Crippen molar-refractivity contribution in [3.05, 3.63) is 46.4 Å². The van der Waals surface area contributed by atoms with Crippen molar-refractivity contribution in [1.29, 1.82) is 0 Å². The van der Waals surface area contributed by atoms with Crippen LogP contribution in [0.3, 0.4) is 0 Å². The number of ether oxygens (including phenoxy) is 1.